The van der Waals surface area contributed by atoms with Gasteiger partial charge in [-0.1, -0.05) is 85.2 Å². The summed E-state index contributed by atoms with van der Waals surface area (Å²) in [6.07, 6.45) is 2.09. The number of benzene rings is 1. The minimum atomic E-state index is -1.18. The second kappa shape index (κ2) is 31.7. The predicted octanol–water partition coefficient (Wildman–Crippen LogP) is 4.21. The first kappa shape index (κ1) is 67.7. The highest BCUT2D eigenvalue weighted by Crippen LogP contribution is 2.53. The van der Waals surface area contributed by atoms with Crippen molar-refractivity contribution >= 4 is 59.2 Å². The highest BCUT2D eigenvalue weighted by molar-refractivity contribution is 6.01. The SMILES string of the molecule is CC[C@H](C)[C@@H]([C@@H](CC(=O)N1CCC[C@H]1[C@H](OC)[C@@H](C)C(=O)N[C@@]1(C(=O)N2CCCCO2)C[C@@H]1c1ccccc1)OC)N(C)C(=O)[C@@H](NC(=O)[C@H](C(C)C)N(C)CCCC(=O)O[C@@H](C)CNC(=O)CCCC(=O)ON1C(=O)CCC1=O)C(C)C. The van der Waals surface area contributed by atoms with E-state index in [-0.39, 0.29) is 111 Å². The van der Waals surface area contributed by atoms with Crippen molar-refractivity contribution in [1.29, 1.82) is 0 Å². The van der Waals surface area contributed by atoms with Crippen LogP contribution in [0, 0.1) is 23.7 Å². The van der Waals surface area contributed by atoms with Crippen LogP contribution in [0.2, 0.25) is 0 Å². The van der Waals surface area contributed by atoms with Gasteiger partial charge in [0.15, 0.2) is 0 Å². The number of carbonyl (C=O) groups is 10. The van der Waals surface area contributed by atoms with Gasteiger partial charge >= 0.3 is 11.9 Å². The van der Waals surface area contributed by atoms with Crippen molar-refractivity contribution in [3.8, 4) is 0 Å². The zero-order valence-electron chi connectivity index (χ0n) is 51.1. The van der Waals surface area contributed by atoms with E-state index in [0.29, 0.717) is 63.4 Å². The molecule has 1 saturated carbocycles. The molecule has 4 fully saturated rings. The van der Waals surface area contributed by atoms with Crippen LogP contribution in [0.4, 0.5) is 0 Å². The standard InChI is InChI=1S/C60H94N8O15/c1-13-39(6)54(45(79-11)34-49(72)66-31-20-24-44(66)55(80-12)41(8)56(75)63-60(59(78)67-32-17-18-33-81-67)35-43(60)42-22-15-14-16-23-42)65(10)58(77)52(37(2)3)62-57(76)53(38(4)5)64(9)30-21-27-50(73)82-40(7)36-61-46(69)25-19-26-51(74)83-68-47(70)28-29-48(68)71/h14-16,22-23,37-41,43-45,52-55H,13,17-21,24-36H2,1-12H3,(H,61,69)(H,62,76)(H,63,75)/t39-,40-,41+,43+,44-,45+,52-,53-,54-,55+,60-/m0/s1. The van der Waals surface area contributed by atoms with Crippen molar-refractivity contribution in [1.82, 2.24) is 40.8 Å². The zero-order valence-corrected chi connectivity index (χ0v) is 51.1. The lowest BCUT2D eigenvalue weighted by atomic mass is 9.89. The molecule has 3 heterocycles. The van der Waals surface area contributed by atoms with Gasteiger partial charge in [-0.05, 0) is 88.8 Å². The molecule has 0 aromatic heterocycles. The summed E-state index contributed by atoms with van der Waals surface area (Å²) >= 11 is 0. The minimum Gasteiger partial charge on any atom is -0.461 e. The summed E-state index contributed by atoms with van der Waals surface area (Å²) in [7, 11) is 6.53. The molecule has 3 N–H and O–H groups in total. The monoisotopic (exact) mass is 1170 g/mol. The predicted molar refractivity (Wildman–Crippen MR) is 305 cm³/mol. The molecule has 23 heteroatoms. The first-order valence-electron chi connectivity index (χ1n) is 29.9. The fourth-order valence-electron chi connectivity index (χ4n) is 11.9. The average Bonchev–Trinajstić information content (AvgIpc) is 1.76. The van der Waals surface area contributed by atoms with E-state index in [1.54, 1.807) is 37.7 Å². The number of rotatable bonds is 32. The van der Waals surface area contributed by atoms with Gasteiger partial charge in [0.2, 0.25) is 29.5 Å². The summed E-state index contributed by atoms with van der Waals surface area (Å²) in [6, 6.07) is 7.02. The van der Waals surface area contributed by atoms with Crippen molar-refractivity contribution in [3.63, 3.8) is 0 Å². The number of nitrogens with one attached hydrogen (secondary N) is 3. The van der Waals surface area contributed by atoms with Crippen LogP contribution in [0.3, 0.4) is 0 Å². The highest BCUT2D eigenvalue weighted by Gasteiger charge is 2.64. The Morgan fingerprint density at radius 3 is 2.08 bits per heavy atom. The van der Waals surface area contributed by atoms with Gasteiger partial charge in [-0.2, -0.15) is 0 Å². The number of esters is 1. The molecule has 11 atom stereocenters. The van der Waals surface area contributed by atoms with Crippen LogP contribution in [0.25, 0.3) is 0 Å². The summed E-state index contributed by atoms with van der Waals surface area (Å²) in [5.41, 5.74) is -0.231. The Bertz CT molecular complexity index is 2390. The number of likely N-dealkylation sites (tertiary alicyclic amines) is 1. The number of amides is 8. The lowest BCUT2D eigenvalue weighted by Crippen LogP contribution is -2.60. The Morgan fingerprint density at radius 2 is 1.48 bits per heavy atom. The van der Waals surface area contributed by atoms with Crippen LogP contribution in [0.1, 0.15) is 157 Å². The van der Waals surface area contributed by atoms with E-state index in [0.717, 1.165) is 18.4 Å². The molecule has 1 aliphatic carbocycles. The summed E-state index contributed by atoms with van der Waals surface area (Å²) in [5, 5.41) is 10.7. The molecular weight excluding hydrogens is 1070 g/mol. The number of hydrogen-bond donors (Lipinski definition) is 3. The van der Waals surface area contributed by atoms with Crippen molar-refractivity contribution in [2.24, 2.45) is 23.7 Å². The van der Waals surface area contributed by atoms with E-state index in [1.807, 2.05) is 76.8 Å². The quantitative estimate of drug-likeness (QED) is 0.0674. The second-order valence-corrected chi connectivity index (χ2v) is 23.7. The number of imide groups is 1. The lowest BCUT2D eigenvalue weighted by Gasteiger charge is -2.41. The van der Waals surface area contributed by atoms with Crippen molar-refractivity contribution in [2.45, 2.75) is 199 Å². The van der Waals surface area contributed by atoms with Gasteiger partial charge in [0, 0.05) is 72.4 Å². The summed E-state index contributed by atoms with van der Waals surface area (Å²) in [6.45, 7) is 16.6. The van der Waals surface area contributed by atoms with Crippen molar-refractivity contribution < 1.29 is 71.8 Å². The van der Waals surface area contributed by atoms with Crippen LogP contribution >= 0.6 is 0 Å². The smallest absolute Gasteiger partial charge is 0.333 e. The fourth-order valence-corrected chi connectivity index (χ4v) is 11.9. The third-order valence-electron chi connectivity index (χ3n) is 16.8. The van der Waals surface area contributed by atoms with Gasteiger partial charge in [-0.3, -0.25) is 52.9 Å². The molecule has 3 saturated heterocycles. The number of ether oxygens (including phenoxy) is 3. The third kappa shape index (κ3) is 18.0. The Morgan fingerprint density at radius 1 is 0.807 bits per heavy atom. The first-order chi connectivity index (χ1) is 39.4. The normalized spacial score (nSPS) is 21.8. The van der Waals surface area contributed by atoms with E-state index in [1.165, 1.54) is 19.3 Å². The molecule has 0 spiro atoms. The first-order valence-corrected chi connectivity index (χ1v) is 29.9. The highest BCUT2D eigenvalue weighted by atomic mass is 16.7. The zero-order chi connectivity index (χ0) is 61.3. The number of carbonyl (C=O) groups excluding carboxylic acids is 10. The maximum atomic E-state index is 14.8. The number of nitrogens with zero attached hydrogens (tertiary/aromatic N) is 5. The Kier molecular flexibility index (Phi) is 25.9. The molecular formula is C60H94N8O15. The van der Waals surface area contributed by atoms with E-state index in [2.05, 4.69) is 16.0 Å². The lowest BCUT2D eigenvalue weighted by molar-refractivity contribution is -0.200. The van der Waals surface area contributed by atoms with Gasteiger partial charge in [0.25, 0.3) is 17.7 Å². The van der Waals surface area contributed by atoms with E-state index < -0.39 is 77.7 Å². The summed E-state index contributed by atoms with van der Waals surface area (Å²) in [5.74, 6) is -6.02. The number of methoxy groups -OCH3 is 2. The number of hydrogen-bond acceptors (Lipinski definition) is 16. The molecule has 5 rings (SSSR count). The van der Waals surface area contributed by atoms with Crippen LogP contribution in [0.15, 0.2) is 30.3 Å². The minimum absolute atomic E-state index is 0.0199. The topological polar surface area (TPSA) is 269 Å². The molecule has 0 bridgehead atoms. The molecule has 1 aromatic rings. The third-order valence-corrected chi connectivity index (χ3v) is 16.8. The fraction of sp³-hybridized carbons (Fsp3) is 0.733. The summed E-state index contributed by atoms with van der Waals surface area (Å²) in [4.78, 5) is 149. The van der Waals surface area contributed by atoms with Crippen molar-refractivity contribution in [2.75, 3.05) is 61.1 Å². The van der Waals surface area contributed by atoms with E-state index in [4.69, 9.17) is 23.9 Å². The number of hydroxylamine groups is 4. The van der Waals surface area contributed by atoms with Crippen LogP contribution in [-0.4, -0.2) is 193 Å². The molecule has 464 valence electrons. The number of likely N-dealkylation sites (N-methyl/N-ethyl adjacent to an activating group) is 2. The Labute approximate surface area is 490 Å². The molecule has 23 nitrogen and oxygen atoms in total. The van der Waals surface area contributed by atoms with Crippen LogP contribution < -0.4 is 16.0 Å². The second-order valence-electron chi connectivity index (χ2n) is 23.7. The van der Waals surface area contributed by atoms with Crippen LogP contribution in [-0.2, 0) is 71.8 Å². The van der Waals surface area contributed by atoms with Gasteiger partial charge in [-0.15, -0.1) is 5.06 Å². The van der Waals surface area contributed by atoms with Gasteiger partial charge in [-0.25, -0.2) is 9.86 Å². The maximum absolute atomic E-state index is 14.8. The van der Waals surface area contributed by atoms with E-state index >= 15 is 0 Å². The Hall–Kier alpha value is -6.04. The molecule has 8 amide bonds. The maximum Gasteiger partial charge on any atom is 0.333 e. The van der Waals surface area contributed by atoms with Crippen molar-refractivity contribution in [3.05, 3.63) is 35.9 Å². The average molecular weight is 1170 g/mol. The van der Waals surface area contributed by atoms with Crippen LogP contribution in [0.5, 0.6) is 0 Å². The molecule has 3 aliphatic heterocycles. The molecule has 0 unspecified atom stereocenters. The van der Waals surface area contributed by atoms with Gasteiger partial charge in [0.05, 0.1) is 55.8 Å². The molecule has 83 heavy (non-hydrogen) atoms. The molecule has 0 radical (unpaired) electrons. The van der Waals surface area contributed by atoms with E-state index in [9.17, 15) is 47.9 Å². The molecule has 1 aromatic carbocycles. The van der Waals surface area contributed by atoms with Gasteiger partial charge < -0.3 is 44.8 Å². The largest absolute Gasteiger partial charge is 0.461 e. The summed E-state index contributed by atoms with van der Waals surface area (Å²) < 4.78 is 17.7. The van der Waals surface area contributed by atoms with Gasteiger partial charge in [0.1, 0.15) is 17.7 Å². The Balaban J connectivity index is 1.14. The molecule has 4 aliphatic rings.